The number of carbonyl (C=O) groups is 1. The number of aromatic nitrogens is 2. The summed E-state index contributed by atoms with van der Waals surface area (Å²) in [4.78, 5) is 30.9. The first kappa shape index (κ1) is 21.5. The second-order valence-electron chi connectivity index (χ2n) is 7.88. The van der Waals surface area contributed by atoms with Gasteiger partial charge in [0.2, 0.25) is 11.9 Å². The number of thiophene rings is 1. The molecule has 31 heavy (non-hydrogen) atoms. The summed E-state index contributed by atoms with van der Waals surface area (Å²) in [5, 5.41) is 0. The van der Waals surface area contributed by atoms with E-state index in [9.17, 15) is 4.79 Å². The highest BCUT2D eigenvalue weighted by Gasteiger charge is 2.23. The SMILES string of the molecule is Cc1ccc(CN(CCc2ccccc2)C(=O)CN2CCN(c3ncccn3)CC2)s1. The molecule has 0 atom stereocenters. The van der Waals surface area contributed by atoms with E-state index < -0.39 is 0 Å². The summed E-state index contributed by atoms with van der Waals surface area (Å²) in [6.45, 7) is 7.35. The van der Waals surface area contributed by atoms with Crippen LogP contribution in [-0.4, -0.2) is 64.9 Å². The van der Waals surface area contributed by atoms with Crippen molar-refractivity contribution in [1.29, 1.82) is 0 Å². The van der Waals surface area contributed by atoms with Crippen LogP contribution in [-0.2, 0) is 17.8 Å². The molecule has 0 radical (unpaired) electrons. The molecule has 1 fully saturated rings. The molecule has 3 heterocycles. The maximum atomic E-state index is 13.2. The smallest absolute Gasteiger partial charge is 0.237 e. The Labute approximate surface area is 188 Å². The van der Waals surface area contributed by atoms with Gasteiger partial charge in [-0.05, 0) is 37.1 Å². The van der Waals surface area contributed by atoms with E-state index in [1.54, 1.807) is 23.7 Å². The van der Waals surface area contributed by atoms with Gasteiger partial charge in [0.1, 0.15) is 0 Å². The third-order valence-electron chi connectivity index (χ3n) is 5.57. The topological polar surface area (TPSA) is 52.6 Å². The van der Waals surface area contributed by atoms with Gasteiger partial charge < -0.3 is 9.80 Å². The highest BCUT2D eigenvalue weighted by Crippen LogP contribution is 2.18. The Hall–Kier alpha value is -2.77. The van der Waals surface area contributed by atoms with Crippen LogP contribution < -0.4 is 4.90 Å². The molecular weight excluding hydrogens is 406 g/mol. The molecule has 1 amide bonds. The fraction of sp³-hybridized carbons (Fsp3) is 0.375. The summed E-state index contributed by atoms with van der Waals surface area (Å²) in [5.41, 5.74) is 1.26. The lowest BCUT2D eigenvalue weighted by Crippen LogP contribution is -2.50. The minimum atomic E-state index is 0.200. The average Bonchev–Trinajstić information content (AvgIpc) is 3.23. The van der Waals surface area contributed by atoms with Crippen molar-refractivity contribution in [3.63, 3.8) is 0 Å². The van der Waals surface area contributed by atoms with E-state index in [0.29, 0.717) is 13.1 Å². The molecule has 1 saturated heterocycles. The minimum absolute atomic E-state index is 0.200. The summed E-state index contributed by atoms with van der Waals surface area (Å²) in [7, 11) is 0. The molecule has 0 N–H and O–H groups in total. The molecule has 162 valence electrons. The summed E-state index contributed by atoms with van der Waals surface area (Å²) in [6.07, 6.45) is 4.42. The first-order chi connectivity index (χ1) is 15.2. The van der Waals surface area contributed by atoms with Crippen LogP contribution in [0.1, 0.15) is 15.3 Å². The Morgan fingerprint density at radius 1 is 1.00 bits per heavy atom. The van der Waals surface area contributed by atoms with Gasteiger partial charge in [0, 0.05) is 54.9 Å². The molecule has 1 aliphatic heterocycles. The van der Waals surface area contributed by atoms with Crippen LogP contribution >= 0.6 is 11.3 Å². The van der Waals surface area contributed by atoms with Gasteiger partial charge in [-0.2, -0.15) is 0 Å². The van der Waals surface area contributed by atoms with Crippen molar-refractivity contribution in [2.45, 2.75) is 19.9 Å². The number of hydrogen-bond donors (Lipinski definition) is 0. The van der Waals surface area contributed by atoms with Gasteiger partial charge in [-0.1, -0.05) is 30.3 Å². The average molecular weight is 436 g/mol. The van der Waals surface area contributed by atoms with Crippen LogP contribution in [0.3, 0.4) is 0 Å². The van der Waals surface area contributed by atoms with Crippen LogP contribution in [0.15, 0.2) is 60.9 Å². The highest BCUT2D eigenvalue weighted by molar-refractivity contribution is 7.11. The maximum absolute atomic E-state index is 13.2. The van der Waals surface area contributed by atoms with Crippen molar-refractivity contribution in [2.75, 3.05) is 44.2 Å². The lowest BCUT2D eigenvalue weighted by Gasteiger charge is -2.35. The third kappa shape index (κ3) is 6.12. The normalized spacial score (nSPS) is 14.5. The van der Waals surface area contributed by atoms with E-state index in [2.05, 4.69) is 63.1 Å². The van der Waals surface area contributed by atoms with E-state index in [1.165, 1.54) is 15.3 Å². The number of benzene rings is 1. The molecule has 0 spiro atoms. The molecule has 2 aromatic heterocycles. The molecular formula is C24H29N5OS. The fourth-order valence-corrected chi connectivity index (χ4v) is 4.72. The lowest BCUT2D eigenvalue weighted by molar-refractivity contribution is -0.133. The number of anilines is 1. The molecule has 0 unspecified atom stereocenters. The van der Waals surface area contributed by atoms with Crippen LogP contribution in [0.2, 0.25) is 0 Å². The standard InChI is InChI=1S/C24H29N5OS/c1-20-8-9-22(31-20)18-29(13-10-21-6-3-2-4-7-21)23(30)19-27-14-16-28(17-15-27)24-25-11-5-12-26-24/h2-9,11-12H,10,13-19H2,1H3. The zero-order chi connectivity index (χ0) is 21.5. The van der Waals surface area contributed by atoms with Crippen LogP contribution in [0, 0.1) is 6.92 Å². The number of piperazine rings is 1. The second kappa shape index (κ2) is 10.5. The monoisotopic (exact) mass is 435 g/mol. The summed E-state index contributed by atoms with van der Waals surface area (Å²) < 4.78 is 0. The van der Waals surface area contributed by atoms with E-state index in [0.717, 1.165) is 45.1 Å². The van der Waals surface area contributed by atoms with Gasteiger partial charge in [-0.25, -0.2) is 9.97 Å². The van der Waals surface area contributed by atoms with Crippen molar-refractivity contribution in [2.24, 2.45) is 0 Å². The maximum Gasteiger partial charge on any atom is 0.237 e. The Bertz CT molecular complexity index is 954. The van der Waals surface area contributed by atoms with Crippen molar-refractivity contribution in [3.8, 4) is 0 Å². The number of aryl methyl sites for hydroxylation is 1. The Balaban J connectivity index is 1.34. The Morgan fingerprint density at radius 2 is 1.74 bits per heavy atom. The first-order valence-electron chi connectivity index (χ1n) is 10.8. The van der Waals surface area contributed by atoms with Crippen LogP contribution in [0.25, 0.3) is 0 Å². The van der Waals surface area contributed by atoms with E-state index in [1.807, 2.05) is 17.0 Å². The van der Waals surface area contributed by atoms with Gasteiger partial charge in [0.15, 0.2) is 0 Å². The van der Waals surface area contributed by atoms with Crippen LogP contribution in [0.5, 0.6) is 0 Å². The predicted octanol–water partition coefficient (Wildman–Crippen LogP) is 3.24. The van der Waals surface area contributed by atoms with Gasteiger partial charge in [0.05, 0.1) is 13.1 Å². The molecule has 1 aromatic carbocycles. The van der Waals surface area contributed by atoms with E-state index in [-0.39, 0.29) is 5.91 Å². The van der Waals surface area contributed by atoms with Crippen molar-refractivity contribution >= 4 is 23.2 Å². The van der Waals surface area contributed by atoms with E-state index >= 15 is 0 Å². The van der Waals surface area contributed by atoms with Gasteiger partial charge in [-0.15, -0.1) is 11.3 Å². The van der Waals surface area contributed by atoms with Gasteiger partial charge >= 0.3 is 0 Å². The predicted molar refractivity (Wildman–Crippen MR) is 125 cm³/mol. The van der Waals surface area contributed by atoms with Crippen molar-refractivity contribution in [1.82, 2.24) is 19.8 Å². The molecule has 3 aromatic rings. The zero-order valence-corrected chi connectivity index (χ0v) is 18.8. The fourth-order valence-electron chi connectivity index (χ4n) is 3.81. The van der Waals surface area contributed by atoms with Crippen molar-refractivity contribution in [3.05, 3.63) is 76.2 Å². The van der Waals surface area contributed by atoms with Crippen molar-refractivity contribution < 1.29 is 4.79 Å². The summed E-state index contributed by atoms with van der Waals surface area (Å²) in [5.74, 6) is 0.970. The third-order valence-corrected chi connectivity index (χ3v) is 6.56. The molecule has 0 saturated carbocycles. The molecule has 1 aliphatic rings. The molecule has 4 rings (SSSR count). The summed E-state index contributed by atoms with van der Waals surface area (Å²) >= 11 is 1.77. The van der Waals surface area contributed by atoms with Gasteiger partial charge in [-0.3, -0.25) is 9.69 Å². The molecule has 6 nitrogen and oxygen atoms in total. The molecule has 0 bridgehead atoms. The zero-order valence-electron chi connectivity index (χ0n) is 18.0. The largest absolute Gasteiger partial charge is 0.338 e. The summed E-state index contributed by atoms with van der Waals surface area (Å²) in [6, 6.07) is 16.5. The number of amides is 1. The number of rotatable bonds is 8. The number of hydrogen-bond acceptors (Lipinski definition) is 6. The number of carbonyl (C=O) groups excluding carboxylic acids is 1. The Morgan fingerprint density at radius 3 is 2.42 bits per heavy atom. The highest BCUT2D eigenvalue weighted by atomic mass is 32.1. The lowest BCUT2D eigenvalue weighted by atomic mass is 10.1. The molecule has 7 heteroatoms. The van der Waals surface area contributed by atoms with Crippen LogP contribution in [0.4, 0.5) is 5.95 Å². The quantitative estimate of drug-likeness (QED) is 0.544. The second-order valence-corrected chi connectivity index (χ2v) is 9.25. The Kier molecular flexibility index (Phi) is 7.27. The van der Waals surface area contributed by atoms with Gasteiger partial charge in [0.25, 0.3) is 0 Å². The first-order valence-corrected chi connectivity index (χ1v) is 11.6. The minimum Gasteiger partial charge on any atom is -0.338 e. The van der Waals surface area contributed by atoms with E-state index in [4.69, 9.17) is 0 Å². The molecule has 0 aliphatic carbocycles. The number of nitrogens with zero attached hydrogens (tertiary/aromatic N) is 5.